The number of carbonyl (C=O) groups is 1. The van der Waals surface area contributed by atoms with Gasteiger partial charge in [-0.2, -0.15) is 0 Å². The molecule has 0 N–H and O–H groups in total. The fourth-order valence-corrected chi connectivity index (χ4v) is 4.59. The molecule has 1 atom stereocenters. The lowest BCUT2D eigenvalue weighted by molar-refractivity contribution is -0.166. The van der Waals surface area contributed by atoms with Crippen LogP contribution >= 0.6 is 0 Å². The summed E-state index contributed by atoms with van der Waals surface area (Å²) in [5.41, 5.74) is 5.52. The quantitative estimate of drug-likeness (QED) is 0.405. The Balaban J connectivity index is 2.22. The average molecular weight is 479 g/mol. The van der Waals surface area contributed by atoms with Gasteiger partial charge in [0.2, 0.25) is 0 Å². The molecule has 2 heterocycles. The number of benzene rings is 1. The molecule has 190 valence electrons. The van der Waals surface area contributed by atoms with E-state index in [0.29, 0.717) is 12.0 Å². The van der Waals surface area contributed by atoms with Gasteiger partial charge in [-0.3, -0.25) is 4.98 Å². The van der Waals surface area contributed by atoms with Crippen LogP contribution in [0.4, 0.5) is 5.69 Å². The van der Waals surface area contributed by atoms with Gasteiger partial charge in [-0.15, -0.1) is 0 Å². The fourth-order valence-electron chi connectivity index (χ4n) is 4.59. The van der Waals surface area contributed by atoms with Gasteiger partial charge in [-0.05, 0) is 65.4 Å². The summed E-state index contributed by atoms with van der Waals surface area (Å²) in [6, 6.07) is 10.3. The van der Waals surface area contributed by atoms with Gasteiger partial charge in [0.05, 0.1) is 17.9 Å². The monoisotopic (exact) mass is 478 g/mol. The zero-order chi connectivity index (χ0) is 25.8. The van der Waals surface area contributed by atoms with Crippen molar-refractivity contribution in [2.45, 2.75) is 79.9 Å². The van der Waals surface area contributed by atoms with Crippen LogP contribution in [0.5, 0.6) is 0 Å². The van der Waals surface area contributed by atoms with E-state index < -0.39 is 11.7 Å². The van der Waals surface area contributed by atoms with Crippen LogP contribution in [0.2, 0.25) is 0 Å². The van der Waals surface area contributed by atoms with Gasteiger partial charge in [-0.25, -0.2) is 4.79 Å². The lowest BCUT2D eigenvalue weighted by Crippen LogP contribution is -2.39. The lowest BCUT2D eigenvalue weighted by Gasteiger charge is -2.41. The minimum Gasteiger partial charge on any atom is -0.464 e. The molecule has 0 radical (unpaired) electrons. The molecule has 5 heteroatoms. The first kappa shape index (κ1) is 26.9. The molecule has 1 fully saturated rings. The first-order valence-electron chi connectivity index (χ1n) is 12.8. The molecular formula is C30H42N2O3. The largest absolute Gasteiger partial charge is 0.464 e. The third kappa shape index (κ3) is 6.94. The van der Waals surface area contributed by atoms with Gasteiger partial charge in [0.25, 0.3) is 0 Å². The van der Waals surface area contributed by atoms with Gasteiger partial charge >= 0.3 is 5.97 Å². The van der Waals surface area contributed by atoms with Gasteiger partial charge < -0.3 is 14.4 Å². The number of ether oxygens (including phenoxy) is 2. The van der Waals surface area contributed by atoms with E-state index >= 15 is 0 Å². The van der Waals surface area contributed by atoms with Crippen molar-refractivity contribution in [2.24, 2.45) is 5.41 Å². The highest BCUT2D eigenvalue weighted by Gasteiger charge is 2.36. The molecule has 0 aliphatic carbocycles. The van der Waals surface area contributed by atoms with Crippen molar-refractivity contribution in [2.75, 3.05) is 24.6 Å². The van der Waals surface area contributed by atoms with Gasteiger partial charge in [0.15, 0.2) is 6.10 Å². The van der Waals surface area contributed by atoms with E-state index in [-0.39, 0.29) is 5.97 Å². The van der Waals surface area contributed by atoms with Crippen molar-refractivity contribution >= 4 is 23.8 Å². The van der Waals surface area contributed by atoms with E-state index in [9.17, 15) is 4.79 Å². The van der Waals surface area contributed by atoms with Crippen molar-refractivity contribution in [3.05, 3.63) is 58.4 Å². The Morgan fingerprint density at radius 3 is 2.29 bits per heavy atom. The first-order chi connectivity index (χ1) is 16.4. The average Bonchev–Trinajstić information content (AvgIpc) is 2.77. The Hall–Kier alpha value is -2.66. The Bertz CT molecular complexity index is 1040. The molecule has 35 heavy (non-hydrogen) atoms. The molecule has 1 aliphatic rings. The molecule has 1 aromatic carbocycles. The number of aryl methyl sites for hydroxylation is 2. The minimum absolute atomic E-state index is 0.301. The summed E-state index contributed by atoms with van der Waals surface area (Å²) in [7, 11) is 0. The molecule has 0 spiro atoms. The fraction of sp³-hybridized carbons (Fsp3) is 0.533. The van der Waals surface area contributed by atoms with Crippen molar-refractivity contribution < 1.29 is 14.3 Å². The van der Waals surface area contributed by atoms with Crippen molar-refractivity contribution in [1.82, 2.24) is 4.98 Å². The maximum atomic E-state index is 13.3. The first-order valence-corrected chi connectivity index (χ1v) is 12.8. The lowest BCUT2D eigenvalue weighted by atomic mass is 9.82. The summed E-state index contributed by atoms with van der Waals surface area (Å²) in [5.74, 6) is -0.368. The van der Waals surface area contributed by atoms with Crippen LogP contribution in [-0.2, 0) is 14.3 Å². The second-order valence-corrected chi connectivity index (χ2v) is 11.2. The van der Waals surface area contributed by atoms with Crippen molar-refractivity contribution in [1.29, 1.82) is 0 Å². The normalized spacial score (nSPS) is 17.0. The summed E-state index contributed by atoms with van der Waals surface area (Å²) < 4.78 is 11.9. The summed E-state index contributed by atoms with van der Waals surface area (Å²) in [4.78, 5) is 20.6. The zero-order valence-electron chi connectivity index (χ0n) is 22.8. The molecule has 1 aliphatic heterocycles. The number of hydrogen-bond donors (Lipinski definition) is 0. The van der Waals surface area contributed by atoms with Gasteiger partial charge in [-0.1, -0.05) is 56.3 Å². The second-order valence-electron chi connectivity index (χ2n) is 11.2. The van der Waals surface area contributed by atoms with Crippen molar-refractivity contribution in [3.63, 3.8) is 0 Å². The molecule has 0 bridgehead atoms. The highest BCUT2D eigenvalue weighted by atomic mass is 16.6. The Morgan fingerprint density at radius 1 is 1.09 bits per heavy atom. The number of carbonyl (C=O) groups excluding carboxylic acids is 1. The molecular weight excluding hydrogens is 436 g/mol. The zero-order valence-corrected chi connectivity index (χ0v) is 22.8. The Kier molecular flexibility index (Phi) is 8.42. The smallest absolute Gasteiger partial charge is 0.340 e. The van der Waals surface area contributed by atoms with Gasteiger partial charge in [0.1, 0.15) is 0 Å². The minimum atomic E-state index is -0.850. The van der Waals surface area contributed by atoms with E-state index in [0.717, 1.165) is 59.7 Å². The van der Waals surface area contributed by atoms with Crippen LogP contribution in [0.25, 0.3) is 12.2 Å². The standard InChI is InChI=1S/C30H42N2O3/c1-9-34-28(33)27(35-29(4,5)6)25-22(3)31-21(2)24(16-15-23-13-11-10-12-14-23)26(25)32-19-17-30(7,8)18-20-32/h10-16,27H,9,17-20H2,1-8H3/b16-15+/t27-/m0/s1. The van der Waals surface area contributed by atoms with E-state index in [2.05, 4.69) is 43.0 Å². The van der Waals surface area contributed by atoms with Crippen LogP contribution in [0.15, 0.2) is 30.3 Å². The number of nitrogens with zero attached hydrogens (tertiary/aromatic N) is 2. The van der Waals surface area contributed by atoms with Crippen LogP contribution < -0.4 is 4.90 Å². The molecule has 2 aromatic rings. The van der Waals surface area contributed by atoms with Crippen LogP contribution in [0.1, 0.15) is 88.6 Å². The van der Waals surface area contributed by atoms with Crippen LogP contribution in [-0.4, -0.2) is 36.3 Å². The predicted octanol–water partition coefficient (Wildman–Crippen LogP) is 6.91. The number of pyridine rings is 1. The molecule has 3 rings (SSSR count). The summed E-state index contributed by atoms with van der Waals surface area (Å²) in [5, 5.41) is 0. The Labute approximate surface area is 211 Å². The molecule has 0 unspecified atom stereocenters. The molecule has 5 nitrogen and oxygen atoms in total. The number of anilines is 1. The third-order valence-corrected chi connectivity index (χ3v) is 6.53. The summed E-state index contributed by atoms with van der Waals surface area (Å²) >= 11 is 0. The highest BCUT2D eigenvalue weighted by molar-refractivity contribution is 5.86. The SMILES string of the molecule is CCOC(=O)[C@@H](OC(C)(C)C)c1c(C)nc(C)c(/C=C/c2ccccc2)c1N1CCC(C)(C)CC1. The number of rotatable bonds is 7. The third-order valence-electron chi connectivity index (χ3n) is 6.53. The molecule has 0 saturated carbocycles. The number of aromatic nitrogens is 1. The number of hydrogen-bond acceptors (Lipinski definition) is 5. The number of esters is 1. The Morgan fingerprint density at radius 2 is 1.71 bits per heavy atom. The maximum Gasteiger partial charge on any atom is 0.340 e. The maximum absolute atomic E-state index is 13.3. The van der Waals surface area contributed by atoms with E-state index in [1.165, 1.54) is 0 Å². The van der Waals surface area contributed by atoms with Crippen LogP contribution in [0.3, 0.4) is 0 Å². The topological polar surface area (TPSA) is 51.7 Å². The summed E-state index contributed by atoms with van der Waals surface area (Å²) in [6.45, 7) is 18.5. The van der Waals surface area contributed by atoms with Gasteiger partial charge in [0, 0.05) is 35.6 Å². The van der Waals surface area contributed by atoms with Crippen molar-refractivity contribution in [3.8, 4) is 0 Å². The molecule has 0 amide bonds. The summed E-state index contributed by atoms with van der Waals surface area (Å²) in [6.07, 6.45) is 5.56. The molecule has 1 aromatic heterocycles. The van der Waals surface area contributed by atoms with E-state index in [4.69, 9.17) is 14.5 Å². The highest BCUT2D eigenvalue weighted by Crippen LogP contribution is 2.42. The number of piperidine rings is 1. The molecule has 1 saturated heterocycles. The van der Waals surface area contributed by atoms with E-state index in [1.807, 2.05) is 59.7 Å². The second kappa shape index (κ2) is 10.9. The van der Waals surface area contributed by atoms with E-state index in [1.54, 1.807) is 0 Å². The van der Waals surface area contributed by atoms with Crippen LogP contribution in [0, 0.1) is 19.3 Å². The predicted molar refractivity (Wildman–Crippen MR) is 145 cm³/mol.